The van der Waals surface area contributed by atoms with Crippen molar-refractivity contribution in [2.24, 2.45) is 5.41 Å². The van der Waals surface area contributed by atoms with E-state index in [0.717, 1.165) is 18.6 Å². The molecule has 2 aliphatic rings. The van der Waals surface area contributed by atoms with Crippen LogP contribution in [0.25, 0.3) is 0 Å². The average molecular weight is 199 g/mol. The molecule has 0 saturated carbocycles. The van der Waals surface area contributed by atoms with Crippen molar-refractivity contribution in [2.75, 3.05) is 5.75 Å². The van der Waals surface area contributed by atoms with Crippen molar-refractivity contribution < 1.29 is 4.79 Å². The fourth-order valence-corrected chi connectivity index (χ4v) is 3.94. The molecule has 0 aromatic heterocycles. The minimum atomic E-state index is 0.238. The van der Waals surface area contributed by atoms with Crippen molar-refractivity contribution >= 4 is 17.7 Å². The molecule has 0 spiro atoms. The first-order chi connectivity index (χ1) is 6.00. The van der Waals surface area contributed by atoms with Crippen LogP contribution in [0.15, 0.2) is 0 Å². The molecule has 0 aromatic rings. The monoisotopic (exact) mass is 199 g/mol. The number of amides is 1. The van der Waals surface area contributed by atoms with E-state index in [2.05, 4.69) is 25.7 Å². The molecular weight excluding hydrogens is 182 g/mol. The third-order valence-corrected chi connectivity index (χ3v) is 4.34. The Morgan fingerprint density at radius 1 is 1.46 bits per heavy atom. The van der Waals surface area contributed by atoms with Gasteiger partial charge in [0.15, 0.2) is 0 Å². The van der Waals surface area contributed by atoms with Gasteiger partial charge in [0.25, 0.3) is 0 Å². The van der Waals surface area contributed by atoms with Gasteiger partial charge < -0.3 is 4.90 Å². The molecule has 0 N–H and O–H groups in total. The van der Waals surface area contributed by atoms with Crippen LogP contribution in [-0.2, 0) is 4.79 Å². The van der Waals surface area contributed by atoms with Crippen molar-refractivity contribution in [3.05, 3.63) is 0 Å². The van der Waals surface area contributed by atoms with Gasteiger partial charge in [-0.05, 0) is 11.8 Å². The van der Waals surface area contributed by atoms with Gasteiger partial charge >= 0.3 is 0 Å². The van der Waals surface area contributed by atoms with Crippen LogP contribution in [0.2, 0.25) is 0 Å². The van der Waals surface area contributed by atoms with E-state index < -0.39 is 0 Å². The van der Waals surface area contributed by atoms with Gasteiger partial charge in [-0.1, -0.05) is 20.8 Å². The summed E-state index contributed by atoms with van der Waals surface area (Å²) >= 11 is 1.96. The molecule has 2 fully saturated rings. The summed E-state index contributed by atoms with van der Waals surface area (Å²) in [7, 11) is 0. The zero-order chi connectivity index (χ0) is 9.64. The van der Waals surface area contributed by atoms with Crippen molar-refractivity contribution in [1.82, 2.24) is 4.90 Å². The molecule has 2 saturated heterocycles. The van der Waals surface area contributed by atoms with Gasteiger partial charge in [-0.2, -0.15) is 0 Å². The van der Waals surface area contributed by atoms with E-state index in [1.54, 1.807) is 0 Å². The van der Waals surface area contributed by atoms with Gasteiger partial charge in [0.2, 0.25) is 5.91 Å². The van der Waals surface area contributed by atoms with E-state index in [0.29, 0.717) is 17.3 Å². The minimum absolute atomic E-state index is 0.238. The molecule has 74 valence electrons. The Hall–Kier alpha value is -0.180. The molecule has 1 unspecified atom stereocenters. The lowest BCUT2D eigenvalue weighted by atomic mass is 9.87. The summed E-state index contributed by atoms with van der Waals surface area (Å²) < 4.78 is 0. The summed E-state index contributed by atoms with van der Waals surface area (Å²) in [5.41, 5.74) is 0.238. The Labute approximate surface area is 84.1 Å². The highest BCUT2D eigenvalue weighted by Gasteiger charge is 2.46. The lowest BCUT2D eigenvalue weighted by molar-refractivity contribution is -0.131. The SMILES string of the molecule is CC(C)(C)C1CS[C@H]2CCC(=O)N12. The van der Waals surface area contributed by atoms with E-state index in [1.165, 1.54) is 0 Å². The van der Waals surface area contributed by atoms with Crippen LogP contribution in [0, 0.1) is 5.41 Å². The predicted octanol–water partition coefficient (Wildman–Crippen LogP) is 2.10. The molecule has 2 atom stereocenters. The number of nitrogens with zero attached hydrogens (tertiary/aromatic N) is 1. The second kappa shape index (κ2) is 2.91. The number of carbonyl (C=O) groups is 1. The van der Waals surface area contributed by atoms with E-state index in [1.807, 2.05) is 11.8 Å². The fraction of sp³-hybridized carbons (Fsp3) is 0.900. The first-order valence-corrected chi connectivity index (χ1v) is 5.98. The van der Waals surface area contributed by atoms with Crippen molar-refractivity contribution in [2.45, 2.75) is 45.0 Å². The van der Waals surface area contributed by atoms with Crippen LogP contribution in [0.4, 0.5) is 0 Å². The van der Waals surface area contributed by atoms with Gasteiger partial charge in [-0.25, -0.2) is 0 Å². The first kappa shape index (κ1) is 9.38. The summed E-state index contributed by atoms with van der Waals surface area (Å²) in [4.78, 5) is 13.8. The molecule has 0 radical (unpaired) electrons. The fourth-order valence-electron chi connectivity index (χ4n) is 2.16. The van der Waals surface area contributed by atoms with Gasteiger partial charge in [-0.15, -0.1) is 11.8 Å². The third-order valence-electron chi connectivity index (χ3n) is 2.99. The molecular formula is C10H17NOS. The average Bonchev–Trinajstić information content (AvgIpc) is 2.51. The molecule has 0 aromatic carbocycles. The summed E-state index contributed by atoms with van der Waals surface area (Å²) in [6.07, 6.45) is 1.83. The third kappa shape index (κ3) is 1.47. The van der Waals surface area contributed by atoms with Crippen molar-refractivity contribution in [3.8, 4) is 0 Å². The molecule has 2 heterocycles. The lowest BCUT2D eigenvalue weighted by Crippen LogP contribution is -2.44. The molecule has 0 aliphatic carbocycles. The van der Waals surface area contributed by atoms with Crippen molar-refractivity contribution in [3.63, 3.8) is 0 Å². The zero-order valence-electron chi connectivity index (χ0n) is 8.54. The van der Waals surface area contributed by atoms with Crippen LogP contribution < -0.4 is 0 Å². The molecule has 0 bridgehead atoms. The van der Waals surface area contributed by atoms with Gasteiger partial charge in [-0.3, -0.25) is 4.79 Å². The quantitative estimate of drug-likeness (QED) is 0.595. The second-order valence-corrected chi connectivity index (χ2v) is 6.22. The van der Waals surface area contributed by atoms with Gasteiger partial charge in [0, 0.05) is 18.2 Å². The van der Waals surface area contributed by atoms with Crippen LogP contribution >= 0.6 is 11.8 Å². The Kier molecular flexibility index (Phi) is 2.10. The first-order valence-electron chi connectivity index (χ1n) is 4.93. The highest BCUT2D eigenvalue weighted by atomic mass is 32.2. The maximum absolute atomic E-state index is 11.6. The topological polar surface area (TPSA) is 20.3 Å². The molecule has 2 aliphatic heterocycles. The van der Waals surface area contributed by atoms with Crippen LogP contribution in [0.1, 0.15) is 33.6 Å². The second-order valence-electron chi connectivity index (χ2n) is 5.01. The lowest BCUT2D eigenvalue weighted by Gasteiger charge is -2.33. The largest absolute Gasteiger partial charge is 0.326 e. The molecule has 2 rings (SSSR count). The number of thioether (sulfide) groups is 1. The Balaban J connectivity index is 2.19. The summed E-state index contributed by atoms with van der Waals surface area (Å²) in [5.74, 6) is 1.50. The normalized spacial score (nSPS) is 34.1. The smallest absolute Gasteiger partial charge is 0.223 e. The number of hydrogen-bond acceptors (Lipinski definition) is 2. The summed E-state index contributed by atoms with van der Waals surface area (Å²) in [6, 6.07) is 0.456. The maximum atomic E-state index is 11.6. The van der Waals surface area contributed by atoms with E-state index >= 15 is 0 Å². The zero-order valence-corrected chi connectivity index (χ0v) is 9.36. The van der Waals surface area contributed by atoms with E-state index in [-0.39, 0.29) is 5.41 Å². The number of carbonyl (C=O) groups excluding carboxylic acids is 1. The number of fused-ring (bicyclic) bond motifs is 1. The van der Waals surface area contributed by atoms with E-state index in [4.69, 9.17) is 0 Å². The predicted molar refractivity (Wildman–Crippen MR) is 55.6 cm³/mol. The van der Waals surface area contributed by atoms with Crippen molar-refractivity contribution in [1.29, 1.82) is 0 Å². The maximum Gasteiger partial charge on any atom is 0.223 e. The molecule has 2 nitrogen and oxygen atoms in total. The van der Waals surface area contributed by atoms with E-state index in [9.17, 15) is 4.79 Å². The number of hydrogen-bond donors (Lipinski definition) is 0. The molecule has 13 heavy (non-hydrogen) atoms. The summed E-state index contributed by atoms with van der Waals surface area (Å²) in [5, 5.41) is 0.497. The van der Waals surface area contributed by atoms with Crippen LogP contribution in [0.5, 0.6) is 0 Å². The highest BCUT2D eigenvalue weighted by molar-refractivity contribution is 8.00. The number of rotatable bonds is 0. The Morgan fingerprint density at radius 2 is 2.15 bits per heavy atom. The molecule has 1 amide bonds. The summed E-state index contributed by atoms with van der Waals surface area (Å²) in [6.45, 7) is 6.69. The van der Waals surface area contributed by atoms with Crippen LogP contribution in [0.3, 0.4) is 0 Å². The van der Waals surface area contributed by atoms with Gasteiger partial charge in [0.1, 0.15) is 0 Å². The van der Waals surface area contributed by atoms with Crippen LogP contribution in [-0.4, -0.2) is 28.0 Å². The minimum Gasteiger partial charge on any atom is -0.326 e. The highest BCUT2D eigenvalue weighted by Crippen LogP contribution is 2.43. The molecule has 3 heteroatoms. The van der Waals surface area contributed by atoms with Gasteiger partial charge in [0.05, 0.1) is 5.37 Å². The Bertz CT molecular complexity index is 234. The Morgan fingerprint density at radius 3 is 2.77 bits per heavy atom. The standard InChI is InChI=1S/C10H17NOS/c1-10(2,3)7-6-13-9-5-4-8(12)11(7)9/h7,9H,4-6H2,1-3H3/t7?,9-/m0/s1.